The van der Waals surface area contributed by atoms with Crippen molar-refractivity contribution in [1.29, 1.82) is 0 Å². The maximum Gasteiger partial charge on any atom is 0.411 e. The molecule has 0 saturated carbocycles. The lowest BCUT2D eigenvalue weighted by atomic mass is 9.93. The Labute approximate surface area is 227 Å². The first kappa shape index (κ1) is 29.3. The number of carbonyl (C=O) groups excluding carboxylic acids is 2. The largest absolute Gasteiger partial charge is 0.492 e. The van der Waals surface area contributed by atoms with Gasteiger partial charge >= 0.3 is 6.09 Å². The van der Waals surface area contributed by atoms with Crippen LogP contribution >= 0.6 is 0 Å². The lowest BCUT2D eigenvalue weighted by Crippen LogP contribution is -2.47. The van der Waals surface area contributed by atoms with Gasteiger partial charge in [-0.15, -0.1) is 0 Å². The van der Waals surface area contributed by atoms with Crippen molar-refractivity contribution in [3.63, 3.8) is 0 Å². The first-order valence-electron chi connectivity index (χ1n) is 13.3. The molecule has 2 aromatic carbocycles. The smallest absolute Gasteiger partial charge is 0.411 e. The van der Waals surface area contributed by atoms with Gasteiger partial charge in [0.15, 0.2) is 0 Å². The van der Waals surface area contributed by atoms with Crippen LogP contribution < -0.4 is 20.3 Å². The van der Waals surface area contributed by atoms with Crippen LogP contribution in [0.2, 0.25) is 0 Å². The van der Waals surface area contributed by atoms with Crippen LogP contribution in [0.4, 0.5) is 16.2 Å². The minimum atomic E-state index is -0.490. The van der Waals surface area contributed by atoms with Gasteiger partial charge in [0.2, 0.25) is 0 Å². The summed E-state index contributed by atoms with van der Waals surface area (Å²) in [4.78, 5) is 31.7. The van der Waals surface area contributed by atoms with Crippen molar-refractivity contribution in [3.8, 4) is 5.75 Å². The van der Waals surface area contributed by atoms with Crippen molar-refractivity contribution < 1.29 is 19.1 Å². The number of piperazine rings is 1. The maximum absolute atomic E-state index is 12.8. The van der Waals surface area contributed by atoms with E-state index in [2.05, 4.69) is 45.2 Å². The molecule has 1 aliphatic rings. The second-order valence-electron chi connectivity index (χ2n) is 10.7. The first-order chi connectivity index (χ1) is 18.2. The van der Waals surface area contributed by atoms with E-state index in [4.69, 9.17) is 9.47 Å². The molecule has 0 spiro atoms. The summed E-state index contributed by atoms with van der Waals surface area (Å²) in [6, 6.07) is 15.1. The highest BCUT2D eigenvalue weighted by atomic mass is 16.5. The number of carbonyl (C=O) groups is 2. The van der Waals surface area contributed by atoms with Gasteiger partial charge < -0.3 is 24.6 Å². The molecule has 208 valence electrons. The molecule has 0 aromatic heterocycles. The molecule has 1 heterocycles. The number of rotatable bonds is 12. The molecule has 0 bridgehead atoms. The minimum Gasteiger partial charge on any atom is -0.492 e. The SMILES string of the molecule is CCOc1ccccc1NC(=O)OCCN1CCN(c2cccc(C(=O)NCC(C)(C)CN(C)C)c2)CC1. The number of hydrogen-bond acceptors (Lipinski definition) is 7. The highest BCUT2D eigenvalue weighted by molar-refractivity contribution is 5.95. The lowest BCUT2D eigenvalue weighted by molar-refractivity contribution is 0.0929. The van der Waals surface area contributed by atoms with Crippen LogP contribution in [0.5, 0.6) is 5.75 Å². The Morgan fingerprint density at radius 3 is 2.47 bits per heavy atom. The summed E-state index contributed by atoms with van der Waals surface area (Å²) in [5.74, 6) is 0.578. The molecule has 38 heavy (non-hydrogen) atoms. The third-order valence-corrected chi connectivity index (χ3v) is 6.38. The summed E-state index contributed by atoms with van der Waals surface area (Å²) in [5.41, 5.74) is 2.32. The third-order valence-electron chi connectivity index (χ3n) is 6.38. The van der Waals surface area contributed by atoms with Crippen molar-refractivity contribution in [1.82, 2.24) is 15.1 Å². The highest BCUT2D eigenvalue weighted by Gasteiger charge is 2.21. The van der Waals surface area contributed by atoms with Crippen LogP contribution in [-0.2, 0) is 4.74 Å². The Morgan fingerprint density at radius 2 is 1.76 bits per heavy atom. The summed E-state index contributed by atoms with van der Waals surface area (Å²) in [6.07, 6.45) is -0.490. The van der Waals surface area contributed by atoms with E-state index in [9.17, 15) is 9.59 Å². The van der Waals surface area contributed by atoms with Gasteiger partial charge in [-0.1, -0.05) is 32.0 Å². The number of para-hydroxylation sites is 2. The van der Waals surface area contributed by atoms with Gasteiger partial charge in [0.25, 0.3) is 5.91 Å². The van der Waals surface area contributed by atoms with Crippen LogP contribution in [0.25, 0.3) is 0 Å². The van der Waals surface area contributed by atoms with E-state index in [0.717, 1.165) is 38.4 Å². The number of nitrogens with zero attached hydrogens (tertiary/aromatic N) is 3. The van der Waals surface area contributed by atoms with E-state index in [1.807, 2.05) is 57.4 Å². The van der Waals surface area contributed by atoms with Gasteiger partial charge in [-0.2, -0.15) is 0 Å². The normalized spacial score (nSPS) is 14.3. The Bertz CT molecular complexity index is 1050. The van der Waals surface area contributed by atoms with Crippen LogP contribution in [-0.4, -0.2) is 94.9 Å². The topological polar surface area (TPSA) is 86.4 Å². The molecule has 9 heteroatoms. The molecule has 1 fully saturated rings. The molecule has 2 aromatic rings. The van der Waals surface area contributed by atoms with E-state index < -0.39 is 6.09 Å². The number of amides is 2. The first-order valence-corrected chi connectivity index (χ1v) is 13.3. The predicted molar refractivity (Wildman–Crippen MR) is 152 cm³/mol. The molecule has 3 rings (SSSR count). The van der Waals surface area contributed by atoms with Gasteiger partial charge in [0.1, 0.15) is 12.4 Å². The van der Waals surface area contributed by atoms with E-state index >= 15 is 0 Å². The van der Waals surface area contributed by atoms with Crippen molar-refractivity contribution >= 4 is 23.4 Å². The molecular formula is C29H43N5O4. The molecule has 1 aliphatic heterocycles. The van der Waals surface area contributed by atoms with Crippen LogP contribution in [0.15, 0.2) is 48.5 Å². The fraction of sp³-hybridized carbons (Fsp3) is 0.517. The summed E-state index contributed by atoms with van der Waals surface area (Å²) < 4.78 is 10.9. The Hall–Kier alpha value is -3.30. The second kappa shape index (κ2) is 14.0. The van der Waals surface area contributed by atoms with Gasteiger partial charge in [0, 0.05) is 57.1 Å². The monoisotopic (exact) mass is 525 g/mol. The number of nitrogens with one attached hydrogen (secondary N) is 2. The van der Waals surface area contributed by atoms with Gasteiger partial charge in [-0.25, -0.2) is 4.79 Å². The number of hydrogen-bond donors (Lipinski definition) is 2. The van der Waals surface area contributed by atoms with Crippen molar-refractivity contribution in [3.05, 3.63) is 54.1 Å². The van der Waals surface area contributed by atoms with E-state index in [-0.39, 0.29) is 11.3 Å². The van der Waals surface area contributed by atoms with Crippen molar-refractivity contribution in [2.75, 3.05) is 83.3 Å². The number of benzene rings is 2. The van der Waals surface area contributed by atoms with E-state index in [1.165, 1.54) is 0 Å². The summed E-state index contributed by atoms with van der Waals surface area (Å²) in [6.45, 7) is 12.6. The fourth-order valence-electron chi connectivity index (χ4n) is 4.67. The Balaban J connectivity index is 1.41. The number of ether oxygens (including phenoxy) is 2. The molecule has 0 unspecified atom stereocenters. The van der Waals surface area contributed by atoms with Crippen LogP contribution in [0.3, 0.4) is 0 Å². The zero-order valence-corrected chi connectivity index (χ0v) is 23.5. The molecule has 2 amide bonds. The van der Waals surface area contributed by atoms with Crippen LogP contribution in [0, 0.1) is 5.41 Å². The van der Waals surface area contributed by atoms with Crippen molar-refractivity contribution in [2.45, 2.75) is 20.8 Å². The van der Waals surface area contributed by atoms with E-state index in [0.29, 0.717) is 43.3 Å². The average Bonchev–Trinajstić information content (AvgIpc) is 2.88. The minimum absolute atomic E-state index is 0.00849. The molecular weight excluding hydrogens is 482 g/mol. The maximum atomic E-state index is 12.8. The molecule has 1 saturated heterocycles. The van der Waals surface area contributed by atoms with Gasteiger partial charge in [-0.3, -0.25) is 15.0 Å². The van der Waals surface area contributed by atoms with Gasteiger partial charge in [-0.05, 0) is 56.8 Å². The quantitative estimate of drug-likeness (QED) is 0.436. The summed E-state index contributed by atoms with van der Waals surface area (Å²) in [7, 11) is 4.09. The summed E-state index contributed by atoms with van der Waals surface area (Å²) >= 11 is 0. The van der Waals surface area contributed by atoms with Crippen LogP contribution in [0.1, 0.15) is 31.1 Å². The highest BCUT2D eigenvalue weighted by Crippen LogP contribution is 2.24. The van der Waals surface area contributed by atoms with Crippen molar-refractivity contribution in [2.24, 2.45) is 5.41 Å². The average molecular weight is 526 g/mol. The third kappa shape index (κ3) is 9.22. The zero-order chi connectivity index (χ0) is 27.5. The van der Waals surface area contributed by atoms with Gasteiger partial charge in [0.05, 0.1) is 12.3 Å². The Morgan fingerprint density at radius 1 is 1.03 bits per heavy atom. The summed E-state index contributed by atoms with van der Waals surface area (Å²) in [5, 5.41) is 5.85. The molecule has 0 atom stereocenters. The van der Waals surface area contributed by atoms with E-state index in [1.54, 1.807) is 6.07 Å². The Kier molecular flexibility index (Phi) is 10.8. The number of anilines is 2. The standard InChI is InChI=1S/C29H43N5O4/c1-6-37-26-13-8-7-12-25(26)31-28(36)38-19-18-33-14-16-34(17-15-33)24-11-9-10-23(20-24)27(35)30-21-29(2,3)22-32(4)5/h7-13,20H,6,14-19,21-22H2,1-5H3,(H,30,35)(H,31,36). The fourth-order valence-corrected chi connectivity index (χ4v) is 4.67. The predicted octanol–water partition coefficient (Wildman–Crippen LogP) is 3.77. The molecule has 0 aliphatic carbocycles. The second-order valence-corrected chi connectivity index (χ2v) is 10.7. The molecule has 2 N–H and O–H groups in total. The molecule has 0 radical (unpaired) electrons. The lowest BCUT2D eigenvalue weighted by Gasteiger charge is -2.36. The molecule has 9 nitrogen and oxygen atoms in total. The zero-order valence-electron chi connectivity index (χ0n) is 23.5.